The van der Waals surface area contributed by atoms with Gasteiger partial charge in [0.25, 0.3) is 0 Å². The first-order valence-electron chi connectivity index (χ1n) is 7.41. The van der Waals surface area contributed by atoms with Gasteiger partial charge < -0.3 is 5.32 Å². The summed E-state index contributed by atoms with van der Waals surface area (Å²) in [6, 6.07) is 7.37. The maximum atomic E-state index is 13.0. The van der Waals surface area contributed by atoms with Crippen LogP contribution in [0.3, 0.4) is 0 Å². The maximum absolute atomic E-state index is 13.0. The molecule has 0 aromatic heterocycles. The third-order valence-corrected chi connectivity index (χ3v) is 4.11. The van der Waals surface area contributed by atoms with Gasteiger partial charge in [-0.3, -0.25) is 4.90 Å². The van der Waals surface area contributed by atoms with Gasteiger partial charge in [-0.2, -0.15) is 0 Å². The van der Waals surface area contributed by atoms with Crippen molar-refractivity contribution in [2.24, 2.45) is 5.41 Å². The van der Waals surface area contributed by atoms with E-state index >= 15 is 0 Å². The molecule has 1 unspecified atom stereocenters. The van der Waals surface area contributed by atoms with Crippen LogP contribution >= 0.6 is 0 Å². The van der Waals surface area contributed by atoms with Gasteiger partial charge in [-0.05, 0) is 37.0 Å². The zero-order valence-corrected chi connectivity index (χ0v) is 13.3. The number of hydrogen-bond acceptors (Lipinski definition) is 2. The zero-order valence-electron chi connectivity index (χ0n) is 13.3. The Hall–Kier alpha value is -0.930. The Balaban J connectivity index is 2.17. The minimum Gasteiger partial charge on any atom is -0.309 e. The molecule has 1 saturated heterocycles. The average Bonchev–Trinajstić information content (AvgIpc) is 2.29. The minimum absolute atomic E-state index is 0.127. The molecule has 20 heavy (non-hydrogen) atoms. The van der Waals surface area contributed by atoms with Crippen LogP contribution in [0.4, 0.5) is 4.39 Å². The first kappa shape index (κ1) is 15.5. The summed E-state index contributed by atoms with van der Waals surface area (Å²) in [5, 5.41) is 3.64. The van der Waals surface area contributed by atoms with Gasteiger partial charge in [0.1, 0.15) is 5.82 Å². The zero-order chi connectivity index (χ0) is 15.0. The van der Waals surface area contributed by atoms with E-state index in [1.54, 1.807) is 12.1 Å². The highest BCUT2D eigenvalue weighted by Crippen LogP contribution is 2.29. The highest BCUT2D eigenvalue weighted by atomic mass is 19.1. The summed E-state index contributed by atoms with van der Waals surface area (Å²) in [6.07, 6.45) is 0. The summed E-state index contributed by atoms with van der Waals surface area (Å²) in [6.45, 7) is 14.2. The quantitative estimate of drug-likeness (QED) is 0.891. The lowest BCUT2D eigenvalue weighted by Crippen LogP contribution is -2.64. The smallest absolute Gasteiger partial charge is 0.123 e. The molecule has 2 rings (SSSR count). The van der Waals surface area contributed by atoms with Crippen molar-refractivity contribution in [1.29, 1.82) is 0 Å². The summed E-state index contributed by atoms with van der Waals surface area (Å²) in [5.74, 6) is -0.165. The molecule has 1 heterocycles. The van der Waals surface area contributed by atoms with Crippen LogP contribution in [0.2, 0.25) is 0 Å². The van der Waals surface area contributed by atoms with Gasteiger partial charge in [-0.25, -0.2) is 4.39 Å². The monoisotopic (exact) mass is 278 g/mol. The molecule has 0 bridgehead atoms. The van der Waals surface area contributed by atoms with E-state index in [1.807, 2.05) is 12.1 Å². The van der Waals surface area contributed by atoms with Crippen LogP contribution in [0.1, 0.15) is 40.2 Å². The SMILES string of the molecule is CC1(C)CN(Cc2ccc(F)cc2)C(C(C)(C)C)CN1. The molecule has 2 nitrogen and oxygen atoms in total. The lowest BCUT2D eigenvalue weighted by molar-refractivity contribution is 0.0272. The Kier molecular flexibility index (Phi) is 4.22. The highest BCUT2D eigenvalue weighted by molar-refractivity contribution is 5.16. The van der Waals surface area contributed by atoms with Crippen molar-refractivity contribution in [2.45, 2.75) is 52.7 Å². The molecule has 0 saturated carbocycles. The van der Waals surface area contributed by atoms with Crippen LogP contribution in [0, 0.1) is 11.2 Å². The van der Waals surface area contributed by atoms with Crippen molar-refractivity contribution in [3.63, 3.8) is 0 Å². The molecular weight excluding hydrogens is 251 g/mol. The molecule has 0 radical (unpaired) electrons. The van der Waals surface area contributed by atoms with E-state index in [0.717, 1.165) is 19.6 Å². The molecule has 0 amide bonds. The van der Waals surface area contributed by atoms with E-state index in [2.05, 4.69) is 44.8 Å². The molecule has 0 spiro atoms. The summed E-state index contributed by atoms with van der Waals surface area (Å²) < 4.78 is 13.0. The molecule has 1 atom stereocenters. The maximum Gasteiger partial charge on any atom is 0.123 e. The fourth-order valence-electron chi connectivity index (χ4n) is 3.02. The van der Waals surface area contributed by atoms with E-state index in [1.165, 1.54) is 5.56 Å². The van der Waals surface area contributed by atoms with Crippen molar-refractivity contribution in [3.8, 4) is 0 Å². The normalized spacial score (nSPS) is 23.8. The second-order valence-electron chi connectivity index (χ2n) is 7.68. The second-order valence-corrected chi connectivity index (χ2v) is 7.68. The first-order chi connectivity index (χ1) is 9.17. The molecular formula is C17H27FN2. The number of benzene rings is 1. The fraction of sp³-hybridized carbons (Fsp3) is 0.647. The van der Waals surface area contributed by atoms with Gasteiger partial charge >= 0.3 is 0 Å². The molecule has 1 N–H and O–H groups in total. The van der Waals surface area contributed by atoms with Crippen molar-refractivity contribution in [3.05, 3.63) is 35.6 Å². The number of hydrogen-bond donors (Lipinski definition) is 1. The van der Waals surface area contributed by atoms with Crippen LogP contribution in [0.25, 0.3) is 0 Å². The molecule has 1 fully saturated rings. The first-order valence-corrected chi connectivity index (χ1v) is 7.41. The Morgan fingerprint density at radius 2 is 1.85 bits per heavy atom. The largest absolute Gasteiger partial charge is 0.309 e. The number of nitrogens with zero attached hydrogens (tertiary/aromatic N) is 1. The highest BCUT2D eigenvalue weighted by Gasteiger charge is 2.38. The number of nitrogens with one attached hydrogen (secondary N) is 1. The van der Waals surface area contributed by atoms with E-state index < -0.39 is 0 Å². The minimum atomic E-state index is -0.165. The van der Waals surface area contributed by atoms with Gasteiger partial charge in [-0.1, -0.05) is 32.9 Å². The Bertz CT molecular complexity index is 445. The molecule has 112 valence electrons. The fourth-order valence-corrected chi connectivity index (χ4v) is 3.02. The van der Waals surface area contributed by atoms with Crippen molar-refractivity contribution < 1.29 is 4.39 Å². The number of halogens is 1. The Morgan fingerprint density at radius 3 is 2.40 bits per heavy atom. The van der Waals surface area contributed by atoms with Gasteiger partial charge in [0, 0.05) is 31.2 Å². The Morgan fingerprint density at radius 1 is 1.25 bits per heavy atom. The summed E-state index contributed by atoms with van der Waals surface area (Å²) in [4.78, 5) is 2.53. The second kappa shape index (κ2) is 5.45. The van der Waals surface area contributed by atoms with E-state index in [4.69, 9.17) is 0 Å². The van der Waals surface area contributed by atoms with Crippen LogP contribution in [-0.4, -0.2) is 29.6 Å². The molecule has 1 aliphatic heterocycles. The van der Waals surface area contributed by atoms with Crippen LogP contribution in [0.5, 0.6) is 0 Å². The number of rotatable bonds is 2. The van der Waals surface area contributed by atoms with Crippen LogP contribution in [0.15, 0.2) is 24.3 Å². The standard InChI is InChI=1S/C17H27FN2/c1-16(2,3)15-10-19-17(4,5)12-20(15)11-13-6-8-14(18)9-7-13/h6-9,15,19H,10-12H2,1-5H3. The van der Waals surface area contributed by atoms with E-state index in [-0.39, 0.29) is 16.8 Å². The predicted octanol–water partition coefficient (Wildman–Crippen LogP) is 3.42. The van der Waals surface area contributed by atoms with Crippen molar-refractivity contribution in [1.82, 2.24) is 10.2 Å². The van der Waals surface area contributed by atoms with Gasteiger partial charge in [0.2, 0.25) is 0 Å². The van der Waals surface area contributed by atoms with Crippen molar-refractivity contribution >= 4 is 0 Å². The average molecular weight is 278 g/mol. The predicted molar refractivity (Wildman–Crippen MR) is 82.1 cm³/mol. The summed E-state index contributed by atoms with van der Waals surface area (Å²) in [5.41, 5.74) is 1.53. The molecule has 1 aliphatic rings. The third-order valence-electron chi connectivity index (χ3n) is 4.11. The molecule has 1 aromatic carbocycles. The number of piperazine rings is 1. The van der Waals surface area contributed by atoms with Gasteiger partial charge in [0.15, 0.2) is 0 Å². The lowest BCUT2D eigenvalue weighted by atomic mass is 9.82. The topological polar surface area (TPSA) is 15.3 Å². The Labute approximate surface area is 122 Å². The van der Waals surface area contributed by atoms with E-state index in [9.17, 15) is 4.39 Å². The van der Waals surface area contributed by atoms with Crippen molar-refractivity contribution in [2.75, 3.05) is 13.1 Å². The van der Waals surface area contributed by atoms with Gasteiger partial charge in [0.05, 0.1) is 0 Å². The van der Waals surface area contributed by atoms with Crippen LogP contribution < -0.4 is 5.32 Å². The summed E-state index contributed by atoms with van der Waals surface area (Å²) >= 11 is 0. The summed E-state index contributed by atoms with van der Waals surface area (Å²) in [7, 11) is 0. The van der Waals surface area contributed by atoms with Gasteiger partial charge in [-0.15, -0.1) is 0 Å². The third kappa shape index (κ3) is 3.80. The molecule has 3 heteroatoms. The lowest BCUT2D eigenvalue weighted by Gasteiger charge is -2.49. The molecule has 0 aliphatic carbocycles. The molecule has 1 aromatic rings. The van der Waals surface area contributed by atoms with Crippen LogP contribution in [-0.2, 0) is 6.54 Å². The van der Waals surface area contributed by atoms with E-state index in [0.29, 0.717) is 6.04 Å².